The molecule has 0 saturated carbocycles. The largest absolute Gasteiger partial charge is 0.494 e. The van der Waals surface area contributed by atoms with Gasteiger partial charge in [-0.2, -0.15) is 0 Å². The summed E-state index contributed by atoms with van der Waals surface area (Å²) in [5.41, 5.74) is 4.63. The Hall–Kier alpha value is -2.88. The molecule has 2 aromatic heterocycles. The highest BCUT2D eigenvalue weighted by atomic mass is 16.5. The van der Waals surface area contributed by atoms with Crippen molar-refractivity contribution in [1.82, 2.24) is 9.97 Å². The highest BCUT2D eigenvalue weighted by molar-refractivity contribution is 5.83. The molecule has 0 spiro atoms. The third-order valence-corrected chi connectivity index (χ3v) is 4.30. The molecule has 2 N–H and O–H groups in total. The van der Waals surface area contributed by atoms with Crippen molar-refractivity contribution in [3.8, 4) is 11.5 Å². The Morgan fingerprint density at radius 3 is 1.60 bits per heavy atom. The molecule has 0 amide bonds. The molecule has 128 valence electrons. The van der Waals surface area contributed by atoms with Crippen molar-refractivity contribution in [3.05, 3.63) is 59.9 Å². The first-order valence-corrected chi connectivity index (χ1v) is 8.74. The van der Waals surface area contributed by atoms with Crippen molar-refractivity contribution in [3.63, 3.8) is 0 Å². The van der Waals surface area contributed by atoms with Crippen LogP contribution in [0.25, 0.3) is 21.8 Å². The van der Waals surface area contributed by atoms with Crippen LogP contribution >= 0.6 is 0 Å². The Kier molecular flexibility index (Phi) is 4.10. The summed E-state index contributed by atoms with van der Waals surface area (Å²) >= 11 is 0. The SMILES string of the molecule is CCOc1ccc2[nH]c(Cc3cc4cc(OCC)ccc4[nH]3)cc2c1. The van der Waals surface area contributed by atoms with Crippen molar-refractivity contribution in [2.75, 3.05) is 13.2 Å². The average molecular weight is 334 g/mol. The Labute approximate surface area is 146 Å². The van der Waals surface area contributed by atoms with Gasteiger partial charge in [-0.1, -0.05) is 0 Å². The van der Waals surface area contributed by atoms with E-state index in [1.807, 2.05) is 26.0 Å². The van der Waals surface area contributed by atoms with E-state index in [4.69, 9.17) is 9.47 Å². The predicted molar refractivity (Wildman–Crippen MR) is 102 cm³/mol. The van der Waals surface area contributed by atoms with E-state index in [1.165, 1.54) is 22.2 Å². The van der Waals surface area contributed by atoms with Crippen LogP contribution in [0.2, 0.25) is 0 Å². The van der Waals surface area contributed by atoms with Gasteiger partial charge < -0.3 is 19.4 Å². The zero-order valence-electron chi connectivity index (χ0n) is 14.6. The van der Waals surface area contributed by atoms with Crippen LogP contribution in [-0.2, 0) is 6.42 Å². The summed E-state index contributed by atoms with van der Waals surface area (Å²) < 4.78 is 11.2. The van der Waals surface area contributed by atoms with Gasteiger partial charge in [-0.15, -0.1) is 0 Å². The molecule has 0 aliphatic rings. The standard InChI is InChI=1S/C21H22N2O2/c1-3-24-18-5-7-20-14(11-18)9-16(22-20)13-17-10-15-12-19(25-4-2)6-8-21(15)23-17/h5-12,22-23H,3-4,13H2,1-2H3. The molecular formula is C21H22N2O2. The molecule has 25 heavy (non-hydrogen) atoms. The molecule has 4 rings (SSSR count). The minimum absolute atomic E-state index is 0.682. The van der Waals surface area contributed by atoms with E-state index in [1.54, 1.807) is 0 Å². The summed E-state index contributed by atoms with van der Waals surface area (Å²) in [6.07, 6.45) is 0.831. The first-order valence-electron chi connectivity index (χ1n) is 8.74. The average Bonchev–Trinajstić information content (AvgIpc) is 3.17. The summed E-state index contributed by atoms with van der Waals surface area (Å²) in [5.74, 6) is 1.82. The Morgan fingerprint density at radius 2 is 1.16 bits per heavy atom. The monoisotopic (exact) mass is 334 g/mol. The Balaban J connectivity index is 1.60. The van der Waals surface area contributed by atoms with Gasteiger partial charge in [0.1, 0.15) is 11.5 Å². The molecule has 0 unspecified atom stereocenters. The minimum atomic E-state index is 0.682. The van der Waals surface area contributed by atoms with Gasteiger partial charge >= 0.3 is 0 Å². The smallest absolute Gasteiger partial charge is 0.120 e. The number of fused-ring (bicyclic) bond motifs is 2. The molecule has 0 atom stereocenters. The van der Waals surface area contributed by atoms with Crippen LogP contribution in [0.15, 0.2) is 48.5 Å². The molecule has 4 aromatic rings. The number of rotatable bonds is 6. The molecule has 0 aliphatic carbocycles. The van der Waals surface area contributed by atoms with Gasteiger partial charge in [0.05, 0.1) is 13.2 Å². The fourth-order valence-corrected chi connectivity index (χ4v) is 3.25. The molecule has 0 radical (unpaired) electrons. The highest BCUT2D eigenvalue weighted by Gasteiger charge is 2.07. The molecular weight excluding hydrogens is 312 g/mol. The summed E-state index contributed by atoms with van der Waals surface area (Å²) in [6, 6.07) is 16.7. The number of aromatic amines is 2. The number of nitrogens with one attached hydrogen (secondary N) is 2. The highest BCUT2D eigenvalue weighted by Crippen LogP contribution is 2.25. The van der Waals surface area contributed by atoms with E-state index in [9.17, 15) is 0 Å². The summed E-state index contributed by atoms with van der Waals surface area (Å²) in [5, 5.41) is 2.35. The van der Waals surface area contributed by atoms with Gasteiger partial charge in [0.25, 0.3) is 0 Å². The third-order valence-electron chi connectivity index (χ3n) is 4.30. The Bertz CT molecular complexity index is 931. The maximum absolute atomic E-state index is 5.58. The first-order chi connectivity index (χ1) is 12.2. The topological polar surface area (TPSA) is 50.0 Å². The fraction of sp³-hybridized carbons (Fsp3) is 0.238. The van der Waals surface area contributed by atoms with Gasteiger partial charge in [-0.3, -0.25) is 0 Å². The molecule has 0 bridgehead atoms. The number of benzene rings is 2. The van der Waals surface area contributed by atoms with E-state index in [2.05, 4.69) is 46.4 Å². The summed E-state index contributed by atoms with van der Waals surface area (Å²) in [6.45, 7) is 5.36. The van der Waals surface area contributed by atoms with Crippen molar-refractivity contribution >= 4 is 21.8 Å². The van der Waals surface area contributed by atoms with E-state index >= 15 is 0 Å². The lowest BCUT2D eigenvalue weighted by Crippen LogP contribution is -1.90. The van der Waals surface area contributed by atoms with Crippen LogP contribution in [-0.4, -0.2) is 23.2 Å². The summed E-state index contributed by atoms with van der Waals surface area (Å²) in [7, 11) is 0. The van der Waals surface area contributed by atoms with E-state index in [0.29, 0.717) is 13.2 Å². The molecule has 2 aromatic carbocycles. The third kappa shape index (κ3) is 3.20. The Morgan fingerprint density at radius 1 is 0.680 bits per heavy atom. The minimum Gasteiger partial charge on any atom is -0.494 e. The number of hydrogen-bond donors (Lipinski definition) is 2. The van der Waals surface area contributed by atoms with Gasteiger partial charge in [0.2, 0.25) is 0 Å². The first kappa shape index (κ1) is 15.6. The van der Waals surface area contributed by atoms with Crippen LogP contribution in [0.5, 0.6) is 11.5 Å². The normalized spacial score (nSPS) is 11.3. The van der Waals surface area contributed by atoms with Crippen LogP contribution in [0.4, 0.5) is 0 Å². The van der Waals surface area contributed by atoms with E-state index < -0.39 is 0 Å². The maximum atomic E-state index is 5.58. The number of H-pyrrole nitrogens is 2. The lowest BCUT2D eigenvalue weighted by Gasteiger charge is -2.01. The van der Waals surface area contributed by atoms with E-state index in [-0.39, 0.29) is 0 Å². The van der Waals surface area contributed by atoms with Crippen molar-refractivity contribution in [1.29, 1.82) is 0 Å². The molecule has 4 heteroatoms. The van der Waals surface area contributed by atoms with Crippen molar-refractivity contribution < 1.29 is 9.47 Å². The molecule has 2 heterocycles. The second kappa shape index (κ2) is 6.55. The lowest BCUT2D eigenvalue weighted by atomic mass is 10.2. The predicted octanol–water partition coefficient (Wildman–Crippen LogP) is 5.04. The van der Waals surface area contributed by atoms with Crippen molar-refractivity contribution in [2.24, 2.45) is 0 Å². The molecule has 0 aliphatic heterocycles. The van der Waals surface area contributed by atoms with Crippen LogP contribution in [0.3, 0.4) is 0 Å². The number of hydrogen-bond acceptors (Lipinski definition) is 2. The van der Waals surface area contributed by atoms with Gasteiger partial charge in [0, 0.05) is 39.6 Å². The van der Waals surface area contributed by atoms with Crippen molar-refractivity contribution in [2.45, 2.75) is 20.3 Å². The van der Waals surface area contributed by atoms with E-state index in [0.717, 1.165) is 29.0 Å². The van der Waals surface area contributed by atoms with Crippen LogP contribution in [0, 0.1) is 0 Å². The zero-order chi connectivity index (χ0) is 17.2. The van der Waals surface area contributed by atoms with Crippen LogP contribution in [0.1, 0.15) is 25.2 Å². The van der Waals surface area contributed by atoms with Gasteiger partial charge in [-0.25, -0.2) is 0 Å². The molecule has 0 saturated heterocycles. The zero-order valence-corrected chi connectivity index (χ0v) is 14.6. The maximum Gasteiger partial charge on any atom is 0.120 e. The lowest BCUT2D eigenvalue weighted by molar-refractivity contribution is 0.340. The number of aromatic nitrogens is 2. The van der Waals surface area contributed by atoms with Gasteiger partial charge in [0.15, 0.2) is 0 Å². The summed E-state index contributed by atoms with van der Waals surface area (Å²) in [4.78, 5) is 6.98. The second-order valence-corrected chi connectivity index (χ2v) is 6.13. The van der Waals surface area contributed by atoms with Crippen LogP contribution < -0.4 is 9.47 Å². The fourth-order valence-electron chi connectivity index (χ4n) is 3.25. The quantitative estimate of drug-likeness (QED) is 0.519. The second-order valence-electron chi connectivity index (χ2n) is 6.13. The molecule has 4 nitrogen and oxygen atoms in total. The number of ether oxygens (including phenoxy) is 2. The van der Waals surface area contributed by atoms with Gasteiger partial charge in [-0.05, 0) is 62.4 Å². The molecule has 0 fully saturated rings.